The third-order valence-corrected chi connectivity index (χ3v) is 1.58. The second-order valence-electron chi connectivity index (χ2n) is 2.39. The van der Waals surface area contributed by atoms with E-state index < -0.39 is 0 Å². The Morgan fingerprint density at radius 3 is 2.82 bits per heavy atom. The largest absolute Gasteiger partial charge is 0.271 e. The lowest BCUT2D eigenvalue weighted by Crippen LogP contribution is -2.21. The number of hydrazine groups is 1. The summed E-state index contributed by atoms with van der Waals surface area (Å²) < 4.78 is 0. The molecule has 0 aliphatic heterocycles. The summed E-state index contributed by atoms with van der Waals surface area (Å²) in [6, 6.07) is 4.05. The number of nitrogens with two attached hydrogens (primary N) is 1. The molecular formula is C8H13N3. The Morgan fingerprint density at radius 2 is 2.36 bits per heavy atom. The van der Waals surface area contributed by atoms with E-state index in [2.05, 4.69) is 23.4 Å². The average molecular weight is 151 g/mol. The van der Waals surface area contributed by atoms with Gasteiger partial charge in [-0.3, -0.25) is 16.3 Å². The summed E-state index contributed by atoms with van der Waals surface area (Å²) in [5.41, 5.74) is 4.79. The molecule has 0 amide bonds. The fourth-order valence-electron chi connectivity index (χ4n) is 0.873. The molecule has 11 heavy (non-hydrogen) atoms. The summed E-state index contributed by atoms with van der Waals surface area (Å²) in [5.74, 6) is 5.14. The molecule has 3 N–H and O–H groups in total. The number of aryl methyl sites for hydroxylation is 1. The normalized spacial score (nSPS) is 10.0. The van der Waals surface area contributed by atoms with Gasteiger partial charge >= 0.3 is 0 Å². The maximum atomic E-state index is 5.14. The van der Waals surface area contributed by atoms with Gasteiger partial charge < -0.3 is 0 Å². The monoisotopic (exact) mass is 151 g/mol. The first-order valence-electron chi connectivity index (χ1n) is 3.74. The standard InChI is InChI=1S/C8H13N3/c1-2-7-3-4-8(6-11-9)10-5-7/h3-5,11H,2,6,9H2,1H3. The zero-order chi connectivity index (χ0) is 8.10. The van der Waals surface area contributed by atoms with Crippen molar-refractivity contribution in [1.29, 1.82) is 0 Å². The summed E-state index contributed by atoms with van der Waals surface area (Å²) in [4.78, 5) is 4.20. The number of hydrogen-bond donors (Lipinski definition) is 2. The molecule has 0 saturated carbocycles. The zero-order valence-electron chi connectivity index (χ0n) is 6.67. The van der Waals surface area contributed by atoms with E-state index in [1.165, 1.54) is 5.56 Å². The molecule has 3 nitrogen and oxygen atoms in total. The Morgan fingerprint density at radius 1 is 1.55 bits per heavy atom. The zero-order valence-corrected chi connectivity index (χ0v) is 6.67. The first kappa shape index (κ1) is 8.17. The van der Waals surface area contributed by atoms with Gasteiger partial charge in [-0.2, -0.15) is 0 Å². The minimum Gasteiger partial charge on any atom is -0.271 e. The molecule has 1 heterocycles. The van der Waals surface area contributed by atoms with Gasteiger partial charge in [0.15, 0.2) is 0 Å². The predicted octanol–water partition coefficient (Wildman–Crippen LogP) is 0.607. The summed E-state index contributed by atoms with van der Waals surface area (Å²) in [6.07, 6.45) is 2.91. The second kappa shape index (κ2) is 4.05. The number of pyridine rings is 1. The molecule has 0 bridgehead atoms. The summed E-state index contributed by atoms with van der Waals surface area (Å²) in [7, 11) is 0. The van der Waals surface area contributed by atoms with E-state index >= 15 is 0 Å². The fraction of sp³-hybridized carbons (Fsp3) is 0.375. The van der Waals surface area contributed by atoms with Crippen LogP contribution in [0.2, 0.25) is 0 Å². The van der Waals surface area contributed by atoms with Crippen LogP contribution in [-0.2, 0) is 13.0 Å². The number of hydrogen-bond acceptors (Lipinski definition) is 3. The maximum Gasteiger partial charge on any atom is 0.0555 e. The van der Waals surface area contributed by atoms with Gasteiger partial charge in [-0.15, -0.1) is 0 Å². The van der Waals surface area contributed by atoms with Crippen LogP contribution in [0, 0.1) is 0 Å². The van der Waals surface area contributed by atoms with Gasteiger partial charge in [-0.1, -0.05) is 13.0 Å². The van der Waals surface area contributed by atoms with E-state index in [1.54, 1.807) is 0 Å². The highest BCUT2D eigenvalue weighted by atomic mass is 15.2. The molecule has 0 spiro atoms. The molecule has 0 radical (unpaired) electrons. The van der Waals surface area contributed by atoms with E-state index in [-0.39, 0.29) is 0 Å². The summed E-state index contributed by atoms with van der Waals surface area (Å²) in [6.45, 7) is 2.74. The van der Waals surface area contributed by atoms with Gasteiger partial charge in [0.2, 0.25) is 0 Å². The van der Waals surface area contributed by atoms with Crippen LogP contribution in [0.15, 0.2) is 18.3 Å². The predicted molar refractivity (Wildman–Crippen MR) is 44.6 cm³/mol. The van der Waals surface area contributed by atoms with Crippen molar-refractivity contribution < 1.29 is 0 Å². The van der Waals surface area contributed by atoms with Gasteiger partial charge in [0, 0.05) is 6.20 Å². The summed E-state index contributed by atoms with van der Waals surface area (Å²) in [5, 5.41) is 0. The molecule has 0 aliphatic rings. The van der Waals surface area contributed by atoms with Gasteiger partial charge in [-0.05, 0) is 18.1 Å². The lowest BCUT2D eigenvalue weighted by atomic mass is 10.2. The highest BCUT2D eigenvalue weighted by Gasteiger charge is 1.91. The molecule has 0 atom stereocenters. The van der Waals surface area contributed by atoms with Gasteiger partial charge in [0.05, 0.1) is 12.2 Å². The Kier molecular flexibility index (Phi) is 3.01. The molecule has 0 unspecified atom stereocenters. The molecule has 1 rings (SSSR count). The highest BCUT2D eigenvalue weighted by molar-refractivity contribution is 5.13. The van der Waals surface area contributed by atoms with Crippen molar-refractivity contribution in [3.63, 3.8) is 0 Å². The Balaban J connectivity index is 2.66. The first-order valence-corrected chi connectivity index (χ1v) is 3.74. The van der Waals surface area contributed by atoms with E-state index in [9.17, 15) is 0 Å². The van der Waals surface area contributed by atoms with E-state index in [0.29, 0.717) is 6.54 Å². The lowest BCUT2D eigenvalue weighted by Gasteiger charge is -1.99. The third-order valence-electron chi connectivity index (χ3n) is 1.58. The molecule has 1 aromatic rings. The van der Waals surface area contributed by atoms with Crippen molar-refractivity contribution in [3.8, 4) is 0 Å². The van der Waals surface area contributed by atoms with Crippen molar-refractivity contribution in [3.05, 3.63) is 29.6 Å². The topological polar surface area (TPSA) is 50.9 Å². The SMILES string of the molecule is CCc1ccc(CNN)nc1. The van der Waals surface area contributed by atoms with Crippen LogP contribution in [0.25, 0.3) is 0 Å². The number of aromatic nitrogens is 1. The average Bonchev–Trinajstić information content (AvgIpc) is 2.07. The van der Waals surface area contributed by atoms with Crippen LogP contribution < -0.4 is 11.3 Å². The number of nitrogens with zero attached hydrogens (tertiary/aromatic N) is 1. The first-order chi connectivity index (χ1) is 5.36. The molecule has 0 aliphatic carbocycles. The van der Waals surface area contributed by atoms with Crippen molar-refractivity contribution in [2.45, 2.75) is 19.9 Å². The minimum atomic E-state index is 0.629. The summed E-state index contributed by atoms with van der Waals surface area (Å²) >= 11 is 0. The molecule has 60 valence electrons. The smallest absolute Gasteiger partial charge is 0.0555 e. The maximum absolute atomic E-state index is 5.14. The van der Waals surface area contributed by atoms with E-state index in [0.717, 1.165) is 12.1 Å². The van der Waals surface area contributed by atoms with Crippen LogP contribution in [0.3, 0.4) is 0 Å². The Labute approximate surface area is 66.6 Å². The fourth-order valence-corrected chi connectivity index (χ4v) is 0.873. The molecule has 0 fully saturated rings. The number of rotatable bonds is 3. The van der Waals surface area contributed by atoms with E-state index in [1.807, 2.05) is 12.3 Å². The van der Waals surface area contributed by atoms with Crippen molar-refractivity contribution in [2.75, 3.05) is 0 Å². The van der Waals surface area contributed by atoms with Gasteiger partial charge in [0.1, 0.15) is 0 Å². The van der Waals surface area contributed by atoms with Crippen molar-refractivity contribution >= 4 is 0 Å². The number of nitrogens with one attached hydrogen (secondary N) is 1. The molecule has 3 heteroatoms. The van der Waals surface area contributed by atoms with Crippen LogP contribution in [0.4, 0.5) is 0 Å². The van der Waals surface area contributed by atoms with Crippen LogP contribution in [0.5, 0.6) is 0 Å². The van der Waals surface area contributed by atoms with Crippen LogP contribution in [0.1, 0.15) is 18.2 Å². The highest BCUT2D eigenvalue weighted by Crippen LogP contribution is 1.99. The Hall–Kier alpha value is -0.930. The van der Waals surface area contributed by atoms with Crippen LogP contribution in [-0.4, -0.2) is 4.98 Å². The molecule has 0 saturated heterocycles. The van der Waals surface area contributed by atoms with Crippen molar-refractivity contribution in [2.24, 2.45) is 5.84 Å². The van der Waals surface area contributed by atoms with Crippen molar-refractivity contribution in [1.82, 2.24) is 10.4 Å². The second-order valence-corrected chi connectivity index (χ2v) is 2.39. The quantitative estimate of drug-likeness (QED) is 0.491. The van der Waals surface area contributed by atoms with Gasteiger partial charge in [0.25, 0.3) is 0 Å². The van der Waals surface area contributed by atoms with Gasteiger partial charge in [-0.25, -0.2) is 0 Å². The minimum absolute atomic E-state index is 0.629. The Bertz CT molecular complexity index is 205. The molecular weight excluding hydrogens is 138 g/mol. The van der Waals surface area contributed by atoms with Crippen LogP contribution >= 0.6 is 0 Å². The third kappa shape index (κ3) is 2.29. The molecule has 1 aromatic heterocycles. The van der Waals surface area contributed by atoms with E-state index in [4.69, 9.17) is 5.84 Å². The molecule has 0 aromatic carbocycles. The lowest BCUT2D eigenvalue weighted by molar-refractivity contribution is 0.722.